The van der Waals surface area contributed by atoms with Gasteiger partial charge >= 0.3 is 0 Å². The van der Waals surface area contributed by atoms with Crippen LogP contribution in [0.3, 0.4) is 0 Å². The molecule has 0 spiro atoms. The van der Waals surface area contributed by atoms with Crippen molar-refractivity contribution in [2.24, 2.45) is 0 Å². The van der Waals surface area contributed by atoms with Gasteiger partial charge in [-0.15, -0.1) is 0 Å². The minimum absolute atomic E-state index is 0.0177. The minimum Gasteiger partial charge on any atom is -0.380 e. The summed E-state index contributed by atoms with van der Waals surface area (Å²) in [5, 5.41) is 13.3. The standard InChI is InChI=1S/C16H20ClFN2O2/c17-13-4-3-12(9-14(13)18)20-8-5-11(10-20)19-15(21)16(22)6-1-2-7-16/h3-4,9,11,22H,1-2,5-8,10H2,(H,19,21). The highest BCUT2D eigenvalue weighted by Gasteiger charge is 2.40. The van der Waals surface area contributed by atoms with Crippen molar-refractivity contribution in [1.82, 2.24) is 5.32 Å². The summed E-state index contributed by atoms with van der Waals surface area (Å²) in [4.78, 5) is 14.2. The average Bonchev–Trinajstić information content (AvgIpc) is 3.12. The van der Waals surface area contributed by atoms with Gasteiger partial charge in [-0.05, 0) is 50.3 Å². The van der Waals surface area contributed by atoms with Crippen molar-refractivity contribution < 1.29 is 14.3 Å². The first kappa shape index (κ1) is 15.6. The van der Waals surface area contributed by atoms with E-state index < -0.39 is 11.4 Å². The Morgan fingerprint density at radius 3 is 2.82 bits per heavy atom. The third-order valence-corrected chi connectivity index (χ3v) is 4.95. The lowest BCUT2D eigenvalue weighted by atomic mass is 10.0. The molecular weight excluding hydrogens is 307 g/mol. The molecule has 0 aromatic heterocycles. The maximum atomic E-state index is 13.5. The lowest BCUT2D eigenvalue weighted by Gasteiger charge is -2.24. The second-order valence-electron chi connectivity index (χ2n) is 6.24. The van der Waals surface area contributed by atoms with Gasteiger partial charge in [0.2, 0.25) is 0 Å². The minimum atomic E-state index is -1.19. The van der Waals surface area contributed by atoms with Gasteiger partial charge in [0.15, 0.2) is 0 Å². The predicted molar refractivity (Wildman–Crippen MR) is 83.6 cm³/mol. The van der Waals surface area contributed by atoms with Crippen molar-refractivity contribution in [2.75, 3.05) is 18.0 Å². The Hall–Kier alpha value is -1.33. The van der Waals surface area contributed by atoms with Crippen LogP contribution in [0.5, 0.6) is 0 Å². The van der Waals surface area contributed by atoms with Crippen molar-refractivity contribution in [3.05, 3.63) is 29.0 Å². The van der Waals surface area contributed by atoms with E-state index in [1.165, 1.54) is 6.07 Å². The fourth-order valence-corrected chi connectivity index (χ4v) is 3.42. The zero-order chi connectivity index (χ0) is 15.7. The van der Waals surface area contributed by atoms with Crippen molar-refractivity contribution in [2.45, 2.75) is 43.7 Å². The Bertz CT molecular complexity index is 575. The van der Waals surface area contributed by atoms with Gasteiger partial charge in [0.05, 0.1) is 5.02 Å². The lowest BCUT2D eigenvalue weighted by Crippen LogP contribution is -2.49. The van der Waals surface area contributed by atoms with Crippen molar-refractivity contribution in [3.63, 3.8) is 0 Å². The molecule has 1 aromatic carbocycles. The van der Waals surface area contributed by atoms with Crippen molar-refractivity contribution in [1.29, 1.82) is 0 Å². The summed E-state index contributed by atoms with van der Waals surface area (Å²) in [7, 11) is 0. The van der Waals surface area contributed by atoms with Gasteiger partial charge in [-0.25, -0.2) is 4.39 Å². The number of hydrogen-bond acceptors (Lipinski definition) is 3. The van der Waals surface area contributed by atoms with Crippen molar-refractivity contribution >= 4 is 23.2 Å². The van der Waals surface area contributed by atoms with Crippen LogP contribution in [0.4, 0.5) is 10.1 Å². The monoisotopic (exact) mass is 326 g/mol. The molecule has 1 amide bonds. The summed E-state index contributed by atoms with van der Waals surface area (Å²) in [6, 6.07) is 4.71. The molecule has 2 N–H and O–H groups in total. The van der Waals surface area contributed by atoms with E-state index in [1.54, 1.807) is 12.1 Å². The summed E-state index contributed by atoms with van der Waals surface area (Å²) in [5.41, 5.74) is -0.432. The summed E-state index contributed by atoms with van der Waals surface area (Å²) in [6.07, 6.45) is 3.65. The molecule has 0 bridgehead atoms. The Morgan fingerprint density at radius 1 is 1.41 bits per heavy atom. The molecule has 1 heterocycles. The van der Waals surface area contributed by atoms with Gasteiger partial charge in [0.25, 0.3) is 5.91 Å². The molecule has 6 heteroatoms. The fraction of sp³-hybridized carbons (Fsp3) is 0.562. The molecule has 1 aliphatic heterocycles. The number of amides is 1. The van der Waals surface area contributed by atoms with E-state index in [9.17, 15) is 14.3 Å². The van der Waals surface area contributed by atoms with Crippen LogP contribution in [0, 0.1) is 5.82 Å². The van der Waals surface area contributed by atoms with Gasteiger partial charge in [0, 0.05) is 24.8 Å². The maximum Gasteiger partial charge on any atom is 0.252 e. The number of nitrogens with one attached hydrogen (secondary N) is 1. The molecule has 2 aliphatic rings. The Kier molecular flexibility index (Phi) is 4.28. The third kappa shape index (κ3) is 3.06. The lowest BCUT2D eigenvalue weighted by molar-refractivity contribution is -0.139. The number of rotatable bonds is 3. The van der Waals surface area contributed by atoms with Gasteiger partial charge in [-0.3, -0.25) is 4.79 Å². The van der Waals surface area contributed by atoms with Crippen molar-refractivity contribution in [3.8, 4) is 0 Å². The topological polar surface area (TPSA) is 52.6 Å². The molecule has 0 radical (unpaired) electrons. The zero-order valence-corrected chi connectivity index (χ0v) is 13.1. The van der Waals surface area contributed by atoms with Gasteiger partial charge in [0.1, 0.15) is 11.4 Å². The highest BCUT2D eigenvalue weighted by molar-refractivity contribution is 6.30. The van der Waals surface area contributed by atoms with E-state index >= 15 is 0 Å². The third-order valence-electron chi connectivity index (χ3n) is 4.65. The molecule has 3 rings (SSSR count). The molecule has 1 atom stereocenters. The van der Waals surface area contributed by atoms with Crippen LogP contribution in [0.15, 0.2) is 18.2 Å². The number of aliphatic hydroxyl groups is 1. The molecular formula is C16H20ClFN2O2. The fourth-order valence-electron chi connectivity index (χ4n) is 3.30. The maximum absolute atomic E-state index is 13.5. The van der Waals surface area contributed by atoms with E-state index in [1.807, 2.05) is 4.90 Å². The summed E-state index contributed by atoms with van der Waals surface area (Å²) in [6.45, 7) is 1.35. The van der Waals surface area contributed by atoms with Crippen LogP contribution in [-0.4, -0.2) is 35.7 Å². The first-order chi connectivity index (χ1) is 10.5. The van der Waals surface area contributed by atoms with Crippen LogP contribution < -0.4 is 10.2 Å². The first-order valence-corrected chi connectivity index (χ1v) is 8.09. The molecule has 1 aliphatic carbocycles. The van der Waals surface area contributed by atoms with Gasteiger partial charge < -0.3 is 15.3 Å². The number of benzene rings is 1. The highest BCUT2D eigenvalue weighted by atomic mass is 35.5. The van der Waals surface area contributed by atoms with Gasteiger partial charge in [-0.1, -0.05) is 11.6 Å². The smallest absolute Gasteiger partial charge is 0.252 e. The summed E-state index contributed by atoms with van der Waals surface area (Å²) < 4.78 is 13.5. The highest BCUT2D eigenvalue weighted by Crippen LogP contribution is 2.30. The number of anilines is 1. The van der Waals surface area contributed by atoms with Crippen LogP contribution in [0.2, 0.25) is 5.02 Å². The van der Waals surface area contributed by atoms with Crippen LogP contribution in [0.1, 0.15) is 32.1 Å². The van der Waals surface area contributed by atoms with E-state index in [0.29, 0.717) is 19.4 Å². The molecule has 1 saturated heterocycles. The zero-order valence-electron chi connectivity index (χ0n) is 12.3. The quantitative estimate of drug-likeness (QED) is 0.897. The molecule has 2 fully saturated rings. The molecule has 1 saturated carbocycles. The van der Waals surface area contributed by atoms with E-state index in [2.05, 4.69) is 5.32 Å². The Labute approximate surface area is 134 Å². The van der Waals surface area contributed by atoms with E-state index in [0.717, 1.165) is 31.5 Å². The number of hydrogen-bond donors (Lipinski definition) is 2. The van der Waals surface area contributed by atoms with Crippen LogP contribution in [0.25, 0.3) is 0 Å². The molecule has 1 unspecified atom stereocenters. The first-order valence-electron chi connectivity index (χ1n) is 7.71. The van der Waals surface area contributed by atoms with Crippen LogP contribution >= 0.6 is 11.6 Å². The molecule has 1 aromatic rings. The second-order valence-corrected chi connectivity index (χ2v) is 6.65. The Balaban J connectivity index is 1.60. The predicted octanol–water partition coefficient (Wildman–Crippen LogP) is 2.48. The normalized spacial score (nSPS) is 23.8. The number of halogens is 2. The van der Waals surface area contributed by atoms with E-state index in [4.69, 9.17) is 11.6 Å². The number of carbonyl (C=O) groups excluding carboxylic acids is 1. The molecule has 4 nitrogen and oxygen atoms in total. The number of carbonyl (C=O) groups is 1. The number of nitrogens with zero attached hydrogens (tertiary/aromatic N) is 1. The van der Waals surface area contributed by atoms with E-state index in [-0.39, 0.29) is 17.0 Å². The van der Waals surface area contributed by atoms with Crippen LogP contribution in [-0.2, 0) is 4.79 Å². The largest absolute Gasteiger partial charge is 0.380 e. The SMILES string of the molecule is O=C(NC1CCN(c2ccc(Cl)c(F)c2)C1)C1(O)CCCC1. The Morgan fingerprint density at radius 2 is 2.14 bits per heavy atom. The molecule has 22 heavy (non-hydrogen) atoms. The second kappa shape index (κ2) is 6.05. The van der Waals surface area contributed by atoms with Gasteiger partial charge in [-0.2, -0.15) is 0 Å². The summed E-state index contributed by atoms with van der Waals surface area (Å²) in [5.74, 6) is -0.703. The molecule has 120 valence electrons. The summed E-state index contributed by atoms with van der Waals surface area (Å²) >= 11 is 5.69. The average molecular weight is 327 g/mol.